The van der Waals surface area contributed by atoms with Gasteiger partial charge in [-0.15, -0.1) is 0 Å². The quantitative estimate of drug-likeness (QED) is 0.604. The number of benzene rings is 1. The molecule has 1 aromatic carbocycles. The van der Waals surface area contributed by atoms with Crippen LogP contribution in [0.4, 0.5) is 5.69 Å². The molecule has 3 rings (SSSR count). The van der Waals surface area contributed by atoms with Crippen LogP contribution in [0.3, 0.4) is 0 Å². The van der Waals surface area contributed by atoms with Gasteiger partial charge in [-0.1, -0.05) is 11.6 Å². The van der Waals surface area contributed by atoms with E-state index in [-0.39, 0.29) is 22.0 Å². The Labute approximate surface area is 159 Å². The molecule has 0 saturated carbocycles. The molecule has 0 saturated heterocycles. The largest absolute Gasteiger partial charge is 0.460 e. The van der Waals surface area contributed by atoms with E-state index in [1.165, 1.54) is 18.2 Å². The minimum Gasteiger partial charge on any atom is -0.460 e. The summed E-state index contributed by atoms with van der Waals surface area (Å²) >= 11 is 5.86. The Hall–Kier alpha value is -3.55. The zero-order valence-corrected chi connectivity index (χ0v) is 15.2. The molecule has 0 atom stereocenters. The molecule has 0 aliphatic carbocycles. The average Bonchev–Trinajstić information content (AvgIpc) is 3.10. The molecule has 1 aliphatic heterocycles. The van der Waals surface area contributed by atoms with Crippen molar-refractivity contribution in [2.24, 2.45) is 0 Å². The molecule has 0 unspecified atom stereocenters. The van der Waals surface area contributed by atoms with Gasteiger partial charge >= 0.3 is 0 Å². The number of dihydropyridines is 1. The number of nitrogens with zero attached hydrogens (tertiary/aromatic N) is 3. The zero-order valence-electron chi connectivity index (χ0n) is 14.4. The van der Waals surface area contributed by atoms with Crippen LogP contribution in [-0.2, 0) is 0 Å². The summed E-state index contributed by atoms with van der Waals surface area (Å²) in [7, 11) is 0. The number of allylic oxidation sites excluding steroid dienone is 4. The lowest BCUT2D eigenvalue weighted by molar-refractivity contribution is -0.384. The predicted octanol–water partition coefficient (Wildman–Crippen LogP) is 4.79. The van der Waals surface area contributed by atoms with E-state index in [1.54, 1.807) is 26.0 Å². The van der Waals surface area contributed by atoms with Crippen molar-refractivity contribution < 1.29 is 9.34 Å². The number of furan rings is 1. The Morgan fingerprint density at radius 3 is 2.33 bits per heavy atom. The Morgan fingerprint density at radius 2 is 1.78 bits per heavy atom. The minimum atomic E-state index is -0.665. The number of rotatable bonds is 3. The van der Waals surface area contributed by atoms with E-state index in [0.717, 1.165) is 0 Å². The zero-order chi connectivity index (χ0) is 19.7. The molecular weight excluding hydrogens is 368 g/mol. The molecular formula is C19H13ClN4O3. The number of hydrogen-bond acceptors (Lipinski definition) is 6. The third-order valence-corrected chi connectivity index (χ3v) is 4.57. The Morgan fingerprint density at radius 1 is 1.15 bits per heavy atom. The Balaban J connectivity index is 2.14. The topological polar surface area (TPSA) is 116 Å². The van der Waals surface area contributed by atoms with Crippen LogP contribution < -0.4 is 5.32 Å². The third kappa shape index (κ3) is 3.17. The van der Waals surface area contributed by atoms with Crippen molar-refractivity contribution in [3.05, 3.63) is 73.8 Å². The molecule has 0 bridgehead atoms. The molecule has 0 fully saturated rings. The van der Waals surface area contributed by atoms with E-state index in [1.807, 2.05) is 0 Å². The number of hydrogen-bond donors (Lipinski definition) is 1. The van der Waals surface area contributed by atoms with E-state index < -0.39 is 10.8 Å². The Kier molecular flexibility index (Phi) is 4.72. The lowest BCUT2D eigenvalue weighted by Crippen LogP contribution is -2.23. The number of nitro benzene ring substituents is 1. The highest BCUT2D eigenvalue weighted by Crippen LogP contribution is 2.41. The molecule has 1 N–H and O–H groups in total. The van der Waals surface area contributed by atoms with Crippen LogP contribution in [0, 0.1) is 32.8 Å². The van der Waals surface area contributed by atoms with Crippen molar-refractivity contribution >= 4 is 17.3 Å². The second kappa shape index (κ2) is 6.99. The van der Waals surface area contributed by atoms with Gasteiger partial charge in [0.2, 0.25) is 0 Å². The van der Waals surface area contributed by atoms with Crippen molar-refractivity contribution in [2.75, 3.05) is 0 Å². The first-order valence-corrected chi connectivity index (χ1v) is 8.28. The van der Waals surface area contributed by atoms with Gasteiger partial charge in [-0.05, 0) is 38.1 Å². The van der Waals surface area contributed by atoms with Crippen LogP contribution >= 0.6 is 11.6 Å². The summed E-state index contributed by atoms with van der Waals surface area (Å²) in [5.74, 6) is -0.0410. The summed E-state index contributed by atoms with van der Waals surface area (Å²) in [6.45, 7) is 3.49. The van der Waals surface area contributed by atoms with Gasteiger partial charge < -0.3 is 9.73 Å². The van der Waals surface area contributed by atoms with Gasteiger partial charge in [0.25, 0.3) is 5.69 Å². The van der Waals surface area contributed by atoms with Gasteiger partial charge in [0.1, 0.15) is 11.5 Å². The van der Waals surface area contributed by atoms with E-state index in [0.29, 0.717) is 28.3 Å². The summed E-state index contributed by atoms with van der Waals surface area (Å²) in [5, 5.41) is 33.7. The average molecular weight is 381 g/mol. The van der Waals surface area contributed by atoms with Crippen LogP contribution in [0.5, 0.6) is 0 Å². The van der Waals surface area contributed by atoms with Gasteiger partial charge in [-0.3, -0.25) is 10.1 Å². The maximum Gasteiger partial charge on any atom is 0.281 e. The second-order valence-electron chi connectivity index (χ2n) is 5.98. The minimum absolute atomic E-state index is 0.187. The molecule has 2 heterocycles. The highest BCUT2D eigenvalue weighted by molar-refractivity contribution is 6.30. The number of nitriles is 2. The summed E-state index contributed by atoms with van der Waals surface area (Å²) in [6.07, 6.45) is 0. The van der Waals surface area contributed by atoms with Crippen LogP contribution in [0.2, 0.25) is 5.02 Å². The van der Waals surface area contributed by atoms with Crippen LogP contribution in [0.1, 0.15) is 25.5 Å². The molecule has 2 aromatic rings. The highest BCUT2D eigenvalue weighted by Gasteiger charge is 2.32. The van der Waals surface area contributed by atoms with Crippen LogP contribution in [0.25, 0.3) is 11.3 Å². The fourth-order valence-electron chi connectivity index (χ4n) is 3.09. The third-order valence-electron chi connectivity index (χ3n) is 4.33. The SMILES string of the molecule is CC1=C(C#N)C(c2ccc(-c3ccc(Cl)cc3[N+](=O)[O-])o2)C(C#N)=C(C)N1. The normalized spacial score (nSPS) is 14.6. The molecule has 1 aliphatic rings. The lowest BCUT2D eigenvalue weighted by Gasteiger charge is -2.24. The summed E-state index contributed by atoms with van der Waals surface area (Å²) < 4.78 is 5.85. The Bertz CT molecular complexity index is 1060. The molecule has 0 amide bonds. The number of halogens is 1. The predicted molar refractivity (Wildman–Crippen MR) is 98.3 cm³/mol. The van der Waals surface area contributed by atoms with Crippen molar-refractivity contribution in [2.45, 2.75) is 19.8 Å². The first-order chi connectivity index (χ1) is 12.9. The fourth-order valence-corrected chi connectivity index (χ4v) is 3.26. The maximum atomic E-state index is 11.3. The van der Waals surface area contributed by atoms with E-state index in [2.05, 4.69) is 17.5 Å². The van der Waals surface area contributed by atoms with Crippen molar-refractivity contribution in [3.8, 4) is 23.5 Å². The second-order valence-corrected chi connectivity index (χ2v) is 6.42. The van der Waals surface area contributed by atoms with Gasteiger partial charge in [0, 0.05) is 22.5 Å². The number of nitrogens with one attached hydrogen (secondary N) is 1. The summed E-state index contributed by atoms with van der Waals surface area (Å²) in [6, 6.07) is 11.7. The first kappa shape index (κ1) is 18.2. The van der Waals surface area contributed by atoms with Crippen molar-refractivity contribution in [3.63, 3.8) is 0 Å². The molecule has 7 nitrogen and oxygen atoms in total. The van der Waals surface area contributed by atoms with Gasteiger partial charge in [0.05, 0.1) is 39.7 Å². The molecule has 0 radical (unpaired) electrons. The van der Waals surface area contributed by atoms with Crippen LogP contribution in [0.15, 0.2) is 57.3 Å². The van der Waals surface area contributed by atoms with E-state index in [9.17, 15) is 20.6 Å². The monoisotopic (exact) mass is 380 g/mol. The molecule has 0 spiro atoms. The summed E-state index contributed by atoms with van der Waals surface area (Å²) in [5.41, 5.74) is 2.08. The lowest BCUT2D eigenvalue weighted by atomic mass is 9.85. The van der Waals surface area contributed by atoms with E-state index in [4.69, 9.17) is 16.0 Å². The first-order valence-electron chi connectivity index (χ1n) is 7.90. The van der Waals surface area contributed by atoms with Gasteiger partial charge in [0.15, 0.2) is 0 Å². The fraction of sp³-hybridized carbons (Fsp3) is 0.158. The standard InChI is InChI=1S/C19H13ClN4O3/c1-10-14(8-21)19(15(9-22)11(2)23-10)18-6-5-17(27-18)13-4-3-12(20)7-16(13)24(25)26/h3-7,19,23H,1-2H3. The molecule has 8 heteroatoms. The van der Waals surface area contributed by atoms with Crippen LogP contribution in [-0.4, -0.2) is 4.92 Å². The van der Waals surface area contributed by atoms with Gasteiger partial charge in [-0.25, -0.2) is 0 Å². The highest BCUT2D eigenvalue weighted by atomic mass is 35.5. The molecule has 134 valence electrons. The molecule has 27 heavy (non-hydrogen) atoms. The number of nitro groups is 1. The molecule has 1 aromatic heterocycles. The van der Waals surface area contributed by atoms with Crippen molar-refractivity contribution in [1.82, 2.24) is 5.32 Å². The maximum absolute atomic E-state index is 11.3. The van der Waals surface area contributed by atoms with E-state index >= 15 is 0 Å². The smallest absolute Gasteiger partial charge is 0.281 e. The van der Waals surface area contributed by atoms with Gasteiger partial charge in [-0.2, -0.15) is 10.5 Å². The van der Waals surface area contributed by atoms with Crippen molar-refractivity contribution in [1.29, 1.82) is 10.5 Å². The summed E-state index contributed by atoms with van der Waals surface area (Å²) in [4.78, 5) is 10.8.